The molecule has 3 aromatic rings. The third kappa shape index (κ3) is 2.57. The molecule has 1 aliphatic rings. The Kier molecular flexibility index (Phi) is 3.50. The van der Waals surface area contributed by atoms with Crippen molar-refractivity contribution in [3.05, 3.63) is 48.0 Å². The van der Waals surface area contributed by atoms with Gasteiger partial charge in [-0.2, -0.15) is 0 Å². The molecule has 1 atom stereocenters. The van der Waals surface area contributed by atoms with Crippen LogP contribution in [0.5, 0.6) is 0 Å². The molecule has 5 nitrogen and oxygen atoms in total. The molecule has 5 heteroatoms. The second-order valence-corrected chi connectivity index (χ2v) is 6.06. The number of ether oxygens (including phenoxy) is 1. The van der Waals surface area contributed by atoms with E-state index in [2.05, 4.69) is 45.1 Å². The number of hydrogen-bond acceptors (Lipinski definition) is 4. The summed E-state index contributed by atoms with van der Waals surface area (Å²) in [7, 11) is 0. The third-order valence-electron chi connectivity index (χ3n) is 4.48. The van der Waals surface area contributed by atoms with Crippen molar-refractivity contribution in [2.75, 3.05) is 11.9 Å². The molecule has 118 valence electrons. The molecule has 1 unspecified atom stereocenters. The van der Waals surface area contributed by atoms with Gasteiger partial charge in [-0.05, 0) is 44.0 Å². The number of fused-ring (bicyclic) bond motifs is 1. The first-order valence-electron chi connectivity index (χ1n) is 7.97. The van der Waals surface area contributed by atoms with Crippen LogP contribution in [0, 0.1) is 13.8 Å². The third-order valence-corrected chi connectivity index (χ3v) is 4.48. The van der Waals surface area contributed by atoms with Crippen LogP contribution in [0.25, 0.3) is 10.9 Å². The Bertz CT molecular complexity index is 831. The maximum atomic E-state index is 5.55. The van der Waals surface area contributed by atoms with Gasteiger partial charge in [-0.15, -0.1) is 0 Å². The average Bonchev–Trinajstić information content (AvgIpc) is 2.91. The lowest BCUT2D eigenvalue weighted by atomic mass is 10.2. The lowest BCUT2D eigenvalue weighted by Gasteiger charge is -2.27. The zero-order chi connectivity index (χ0) is 15.8. The van der Waals surface area contributed by atoms with Gasteiger partial charge in [0.05, 0.1) is 23.0 Å². The van der Waals surface area contributed by atoms with Gasteiger partial charge in [0.25, 0.3) is 0 Å². The summed E-state index contributed by atoms with van der Waals surface area (Å²) >= 11 is 0. The number of nitrogens with one attached hydrogen (secondary N) is 1. The van der Waals surface area contributed by atoms with E-state index in [1.165, 1.54) is 11.1 Å². The fourth-order valence-electron chi connectivity index (χ4n) is 3.03. The lowest BCUT2D eigenvalue weighted by molar-refractivity contribution is -0.0586. The largest absolute Gasteiger partial charge is 0.376 e. The first-order chi connectivity index (χ1) is 11.2. The normalized spacial score (nSPS) is 17.2. The van der Waals surface area contributed by atoms with Gasteiger partial charge < -0.3 is 14.6 Å². The molecule has 0 aliphatic carbocycles. The Morgan fingerprint density at radius 3 is 2.78 bits per heavy atom. The highest BCUT2D eigenvalue weighted by atomic mass is 16.5. The van der Waals surface area contributed by atoms with Gasteiger partial charge in [0.1, 0.15) is 5.82 Å². The van der Waals surface area contributed by atoms with Crippen molar-refractivity contribution in [3.63, 3.8) is 0 Å². The van der Waals surface area contributed by atoms with E-state index in [0.717, 1.165) is 42.2 Å². The summed E-state index contributed by atoms with van der Waals surface area (Å²) in [6.45, 7) is 5.88. The van der Waals surface area contributed by atoms with Crippen molar-refractivity contribution in [1.29, 1.82) is 0 Å². The lowest BCUT2D eigenvalue weighted by Crippen LogP contribution is -2.30. The topological polar surface area (TPSA) is 52.0 Å². The van der Waals surface area contributed by atoms with Gasteiger partial charge in [0.15, 0.2) is 0 Å². The van der Waals surface area contributed by atoms with Crippen molar-refractivity contribution in [1.82, 2.24) is 14.5 Å². The summed E-state index contributed by atoms with van der Waals surface area (Å²) in [4.78, 5) is 8.89. The Morgan fingerprint density at radius 1 is 1.22 bits per heavy atom. The van der Waals surface area contributed by atoms with Gasteiger partial charge >= 0.3 is 0 Å². The molecule has 4 rings (SSSR count). The van der Waals surface area contributed by atoms with Gasteiger partial charge in [-0.1, -0.05) is 0 Å². The quantitative estimate of drug-likeness (QED) is 0.800. The molecule has 1 saturated heterocycles. The molecule has 4 heterocycles. The van der Waals surface area contributed by atoms with Crippen LogP contribution < -0.4 is 5.32 Å². The van der Waals surface area contributed by atoms with Crippen LogP contribution in [0.1, 0.15) is 17.7 Å². The van der Waals surface area contributed by atoms with Gasteiger partial charge in [0.2, 0.25) is 0 Å². The molecular formula is C18H20N4O. The molecular weight excluding hydrogens is 288 g/mol. The van der Waals surface area contributed by atoms with E-state index in [0.29, 0.717) is 6.10 Å². The van der Waals surface area contributed by atoms with E-state index >= 15 is 0 Å². The Hall–Kier alpha value is -2.40. The summed E-state index contributed by atoms with van der Waals surface area (Å²) in [5, 5.41) is 4.58. The Labute approximate surface area is 135 Å². The standard InChI is InChI=1S/C18H20N4O/c1-12-3-7-19-13(2)17(12)21-18-15-5-9-22(11-14-6-10-23-14)16(15)4-8-20-18/h3-5,7-9,14H,6,10-11H2,1-2H3,(H,20,21). The molecule has 0 spiro atoms. The van der Waals surface area contributed by atoms with Crippen molar-refractivity contribution in [2.45, 2.75) is 32.9 Å². The molecule has 1 fully saturated rings. The van der Waals surface area contributed by atoms with Crippen LogP contribution in [0.3, 0.4) is 0 Å². The number of aromatic nitrogens is 3. The van der Waals surface area contributed by atoms with Gasteiger partial charge in [-0.3, -0.25) is 4.98 Å². The highest BCUT2D eigenvalue weighted by molar-refractivity contribution is 5.92. The fourth-order valence-corrected chi connectivity index (χ4v) is 3.03. The monoisotopic (exact) mass is 308 g/mol. The smallest absolute Gasteiger partial charge is 0.139 e. The molecule has 1 N–H and O–H groups in total. The zero-order valence-electron chi connectivity index (χ0n) is 13.4. The molecule has 3 aromatic heterocycles. The minimum absolute atomic E-state index is 0.345. The summed E-state index contributed by atoms with van der Waals surface area (Å²) in [6, 6.07) is 6.18. The minimum atomic E-state index is 0.345. The maximum Gasteiger partial charge on any atom is 0.139 e. The second-order valence-electron chi connectivity index (χ2n) is 6.06. The van der Waals surface area contributed by atoms with E-state index in [4.69, 9.17) is 4.74 Å². The van der Waals surface area contributed by atoms with E-state index in [-0.39, 0.29) is 0 Å². The van der Waals surface area contributed by atoms with Crippen molar-refractivity contribution in [3.8, 4) is 0 Å². The van der Waals surface area contributed by atoms with Gasteiger partial charge in [-0.25, -0.2) is 4.98 Å². The fraction of sp³-hybridized carbons (Fsp3) is 0.333. The van der Waals surface area contributed by atoms with Crippen LogP contribution in [0.2, 0.25) is 0 Å². The number of pyridine rings is 2. The molecule has 23 heavy (non-hydrogen) atoms. The van der Waals surface area contributed by atoms with Crippen LogP contribution in [0.15, 0.2) is 36.8 Å². The summed E-state index contributed by atoms with van der Waals surface area (Å²) < 4.78 is 7.79. The Morgan fingerprint density at radius 2 is 2.04 bits per heavy atom. The number of hydrogen-bond donors (Lipinski definition) is 1. The molecule has 0 amide bonds. The second kappa shape index (κ2) is 5.66. The highest BCUT2D eigenvalue weighted by Crippen LogP contribution is 2.28. The first-order valence-corrected chi connectivity index (χ1v) is 7.97. The molecule has 0 saturated carbocycles. The highest BCUT2D eigenvalue weighted by Gasteiger charge is 2.19. The zero-order valence-corrected chi connectivity index (χ0v) is 13.4. The van der Waals surface area contributed by atoms with Crippen molar-refractivity contribution >= 4 is 22.4 Å². The average molecular weight is 308 g/mol. The first kappa shape index (κ1) is 14.2. The number of nitrogens with zero attached hydrogens (tertiary/aromatic N) is 3. The van der Waals surface area contributed by atoms with Crippen molar-refractivity contribution < 1.29 is 4.74 Å². The van der Waals surface area contributed by atoms with Crippen molar-refractivity contribution in [2.24, 2.45) is 0 Å². The number of rotatable bonds is 4. The van der Waals surface area contributed by atoms with Crippen LogP contribution in [-0.2, 0) is 11.3 Å². The van der Waals surface area contributed by atoms with Crippen LogP contribution in [-0.4, -0.2) is 27.2 Å². The Balaban J connectivity index is 1.70. The van der Waals surface area contributed by atoms with E-state index < -0.39 is 0 Å². The molecule has 1 aliphatic heterocycles. The predicted octanol–water partition coefficient (Wildman–Crippen LogP) is 3.58. The van der Waals surface area contributed by atoms with Crippen LogP contribution in [0.4, 0.5) is 11.5 Å². The maximum absolute atomic E-state index is 5.55. The molecule has 0 radical (unpaired) electrons. The number of anilines is 2. The summed E-state index contributed by atoms with van der Waals surface area (Å²) in [5.74, 6) is 0.870. The molecule has 0 bridgehead atoms. The van der Waals surface area contributed by atoms with E-state index in [1.54, 1.807) is 0 Å². The molecule has 0 aromatic carbocycles. The van der Waals surface area contributed by atoms with E-state index in [9.17, 15) is 0 Å². The SMILES string of the molecule is Cc1ccnc(C)c1Nc1nccc2c1ccn2CC1CCO1. The van der Waals surface area contributed by atoms with E-state index in [1.807, 2.05) is 25.4 Å². The minimum Gasteiger partial charge on any atom is -0.376 e. The summed E-state index contributed by atoms with van der Waals surface area (Å²) in [6.07, 6.45) is 7.28. The van der Waals surface area contributed by atoms with Crippen LogP contribution >= 0.6 is 0 Å². The number of aryl methyl sites for hydroxylation is 2. The van der Waals surface area contributed by atoms with Gasteiger partial charge in [0, 0.05) is 37.1 Å². The summed E-state index contributed by atoms with van der Waals surface area (Å²) in [5.41, 5.74) is 4.35. The predicted molar refractivity (Wildman–Crippen MR) is 91.1 cm³/mol.